The average molecular weight is 249 g/mol. The molecule has 1 aromatic carbocycles. The lowest BCUT2D eigenvalue weighted by Gasteiger charge is -2.08. The number of unbranched alkanes of at least 4 members (excludes halogenated alkanes) is 1. The van der Waals surface area contributed by atoms with E-state index in [1.54, 1.807) is 18.2 Å². The Morgan fingerprint density at radius 1 is 1.33 bits per heavy atom. The fourth-order valence-corrected chi connectivity index (χ4v) is 1.41. The molecular formula is C13H15NO4. The van der Waals surface area contributed by atoms with Crippen molar-refractivity contribution < 1.29 is 19.4 Å². The second-order valence-corrected chi connectivity index (χ2v) is 3.71. The normalized spacial score (nSPS) is 9.56. The third kappa shape index (κ3) is 4.74. The standard InChI is InChI=1S/C13H15NO4/c1-17-11-6-10(9-14)7-12(8-11)18-5-3-2-4-13(15)16/h6-8H,2-5H2,1H3,(H,15,16). The van der Waals surface area contributed by atoms with Crippen LogP contribution < -0.4 is 9.47 Å². The number of methoxy groups -OCH3 is 1. The van der Waals surface area contributed by atoms with Crippen molar-refractivity contribution >= 4 is 5.97 Å². The molecule has 18 heavy (non-hydrogen) atoms. The van der Waals surface area contributed by atoms with Crippen molar-refractivity contribution in [2.45, 2.75) is 19.3 Å². The lowest BCUT2D eigenvalue weighted by atomic mass is 10.2. The lowest BCUT2D eigenvalue weighted by molar-refractivity contribution is -0.137. The molecule has 1 rings (SSSR count). The summed E-state index contributed by atoms with van der Waals surface area (Å²) in [5.41, 5.74) is 0.467. The van der Waals surface area contributed by atoms with Gasteiger partial charge in [-0.25, -0.2) is 0 Å². The van der Waals surface area contributed by atoms with Gasteiger partial charge in [0, 0.05) is 12.5 Å². The van der Waals surface area contributed by atoms with Gasteiger partial charge in [0.2, 0.25) is 0 Å². The number of hydrogen-bond donors (Lipinski definition) is 1. The van der Waals surface area contributed by atoms with Crippen molar-refractivity contribution in [2.24, 2.45) is 0 Å². The fourth-order valence-electron chi connectivity index (χ4n) is 1.41. The topological polar surface area (TPSA) is 79.5 Å². The second-order valence-electron chi connectivity index (χ2n) is 3.71. The number of carboxylic acids is 1. The molecule has 0 unspecified atom stereocenters. The first-order valence-corrected chi connectivity index (χ1v) is 5.59. The van der Waals surface area contributed by atoms with E-state index in [1.807, 2.05) is 6.07 Å². The molecule has 0 aliphatic carbocycles. The second kappa shape index (κ2) is 7.17. The SMILES string of the molecule is COc1cc(C#N)cc(OCCCCC(=O)O)c1. The van der Waals surface area contributed by atoms with Crippen molar-refractivity contribution in [3.63, 3.8) is 0 Å². The third-order valence-electron chi connectivity index (χ3n) is 2.30. The van der Waals surface area contributed by atoms with Crippen LogP contribution in [-0.4, -0.2) is 24.8 Å². The highest BCUT2D eigenvalue weighted by molar-refractivity contribution is 5.66. The van der Waals surface area contributed by atoms with Gasteiger partial charge in [-0.2, -0.15) is 5.26 Å². The molecule has 0 saturated carbocycles. The third-order valence-corrected chi connectivity index (χ3v) is 2.30. The van der Waals surface area contributed by atoms with Crippen LogP contribution in [0.25, 0.3) is 0 Å². The van der Waals surface area contributed by atoms with Gasteiger partial charge in [0.15, 0.2) is 0 Å². The Morgan fingerprint density at radius 2 is 2.06 bits per heavy atom. The molecule has 1 N–H and O–H groups in total. The Labute approximate surface area is 106 Å². The molecule has 96 valence electrons. The van der Waals surface area contributed by atoms with E-state index < -0.39 is 5.97 Å². The Morgan fingerprint density at radius 3 is 2.67 bits per heavy atom. The summed E-state index contributed by atoms with van der Waals surface area (Å²) in [5.74, 6) is 0.318. The number of benzene rings is 1. The highest BCUT2D eigenvalue weighted by Crippen LogP contribution is 2.22. The first-order valence-electron chi connectivity index (χ1n) is 5.59. The molecule has 0 spiro atoms. The Bertz CT molecular complexity index is 451. The summed E-state index contributed by atoms with van der Waals surface area (Å²) in [6, 6.07) is 6.96. The number of carbonyl (C=O) groups is 1. The largest absolute Gasteiger partial charge is 0.497 e. The number of ether oxygens (including phenoxy) is 2. The van der Waals surface area contributed by atoms with Gasteiger partial charge in [0.25, 0.3) is 0 Å². The molecule has 0 saturated heterocycles. The number of nitriles is 1. The Balaban J connectivity index is 2.46. The van der Waals surface area contributed by atoms with Crippen LogP contribution in [0.1, 0.15) is 24.8 Å². The lowest BCUT2D eigenvalue weighted by Crippen LogP contribution is -2.00. The molecule has 0 radical (unpaired) electrons. The predicted octanol–water partition coefficient (Wildman–Crippen LogP) is 2.20. The fraction of sp³-hybridized carbons (Fsp3) is 0.385. The number of carboxylic acid groups (broad SMARTS) is 1. The molecule has 5 nitrogen and oxygen atoms in total. The van der Waals surface area contributed by atoms with E-state index in [1.165, 1.54) is 7.11 Å². The molecular weight excluding hydrogens is 234 g/mol. The minimum absolute atomic E-state index is 0.144. The number of hydrogen-bond acceptors (Lipinski definition) is 4. The van der Waals surface area contributed by atoms with Gasteiger partial charge in [-0.15, -0.1) is 0 Å². The number of rotatable bonds is 7. The summed E-state index contributed by atoms with van der Waals surface area (Å²) in [7, 11) is 1.52. The van der Waals surface area contributed by atoms with Crippen molar-refractivity contribution in [3.8, 4) is 17.6 Å². The molecule has 0 amide bonds. The van der Waals surface area contributed by atoms with Crippen LogP contribution >= 0.6 is 0 Å². The van der Waals surface area contributed by atoms with Crippen LogP contribution in [-0.2, 0) is 4.79 Å². The summed E-state index contributed by atoms with van der Waals surface area (Å²) < 4.78 is 10.5. The molecule has 0 aromatic heterocycles. The highest BCUT2D eigenvalue weighted by Gasteiger charge is 2.02. The smallest absolute Gasteiger partial charge is 0.303 e. The van der Waals surface area contributed by atoms with E-state index in [4.69, 9.17) is 19.8 Å². The van der Waals surface area contributed by atoms with E-state index in [0.717, 1.165) is 0 Å². The highest BCUT2D eigenvalue weighted by atomic mass is 16.5. The van der Waals surface area contributed by atoms with Gasteiger partial charge in [0.05, 0.1) is 25.3 Å². The molecule has 0 aliphatic rings. The van der Waals surface area contributed by atoms with E-state index in [9.17, 15) is 4.79 Å². The van der Waals surface area contributed by atoms with E-state index >= 15 is 0 Å². The quantitative estimate of drug-likeness (QED) is 0.749. The average Bonchev–Trinajstić information content (AvgIpc) is 2.37. The summed E-state index contributed by atoms with van der Waals surface area (Å²) in [4.78, 5) is 10.3. The van der Waals surface area contributed by atoms with Gasteiger partial charge in [-0.05, 0) is 25.0 Å². The molecule has 0 bridgehead atoms. The first kappa shape index (κ1) is 13.8. The summed E-state index contributed by atoms with van der Waals surface area (Å²) >= 11 is 0. The van der Waals surface area contributed by atoms with Crippen LogP contribution in [0, 0.1) is 11.3 Å². The van der Waals surface area contributed by atoms with Crippen molar-refractivity contribution in [1.29, 1.82) is 5.26 Å². The summed E-state index contributed by atoms with van der Waals surface area (Å²) in [6.45, 7) is 0.422. The van der Waals surface area contributed by atoms with E-state index in [2.05, 4.69) is 0 Å². The van der Waals surface area contributed by atoms with Crippen LogP contribution in [0.5, 0.6) is 11.5 Å². The molecule has 0 atom stereocenters. The Kier molecular flexibility index (Phi) is 5.52. The van der Waals surface area contributed by atoms with Crippen LogP contribution in [0.3, 0.4) is 0 Å². The van der Waals surface area contributed by atoms with Crippen LogP contribution in [0.2, 0.25) is 0 Å². The molecule has 1 aromatic rings. The van der Waals surface area contributed by atoms with Gasteiger partial charge in [0.1, 0.15) is 11.5 Å². The van der Waals surface area contributed by atoms with Gasteiger partial charge < -0.3 is 14.6 Å². The van der Waals surface area contributed by atoms with Gasteiger partial charge in [-0.1, -0.05) is 0 Å². The van der Waals surface area contributed by atoms with Crippen molar-refractivity contribution in [2.75, 3.05) is 13.7 Å². The van der Waals surface area contributed by atoms with E-state index in [0.29, 0.717) is 36.5 Å². The predicted molar refractivity (Wildman–Crippen MR) is 64.7 cm³/mol. The minimum Gasteiger partial charge on any atom is -0.497 e. The maximum atomic E-state index is 10.3. The zero-order chi connectivity index (χ0) is 13.4. The van der Waals surface area contributed by atoms with Gasteiger partial charge >= 0.3 is 5.97 Å². The van der Waals surface area contributed by atoms with Crippen molar-refractivity contribution in [1.82, 2.24) is 0 Å². The van der Waals surface area contributed by atoms with Gasteiger partial charge in [-0.3, -0.25) is 4.79 Å². The first-order chi connectivity index (χ1) is 8.65. The number of nitrogens with zero attached hydrogens (tertiary/aromatic N) is 1. The molecule has 0 fully saturated rings. The zero-order valence-electron chi connectivity index (χ0n) is 10.2. The molecule has 0 heterocycles. The van der Waals surface area contributed by atoms with Crippen molar-refractivity contribution in [3.05, 3.63) is 23.8 Å². The maximum absolute atomic E-state index is 10.3. The minimum atomic E-state index is -0.803. The number of aliphatic carboxylic acids is 1. The van der Waals surface area contributed by atoms with Crippen LogP contribution in [0.15, 0.2) is 18.2 Å². The monoisotopic (exact) mass is 249 g/mol. The Hall–Kier alpha value is -2.22. The maximum Gasteiger partial charge on any atom is 0.303 e. The zero-order valence-corrected chi connectivity index (χ0v) is 10.2. The summed E-state index contributed by atoms with van der Waals surface area (Å²) in [6.07, 6.45) is 1.38. The van der Waals surface area contributed by atoms with E-state index in [-0.39, 0.29) is 6.42 Å². The molecule has 0 aliphatic heterocycles. The summed E-state index contributed by atoms with van der Waals surface area (Å²) in [5, 5.41) is 17.3. The van der Waals surface area contributed by atoms with Crippen LogP contribution in [0.4, 0.5) is 0 Å². The molecule has 5 heteroatoms.